The van der Waals surface area contributed by atoms with E-state index >= 15 is 0 Å². The number of carbonyl (C=O) groups is 1. The number of hydrogen-bond acceptors (Lipinski definition) is 2. The number of rotatable bonds is 6. The maximum absolute atomic E-state index is 12.1. The predicted octanol–water partition coefficient (Wildman–Crippen LogP) is 3.20. The van der Waals surface area contributed by atoms with Crippen LogP contribution in [0.2, 0.25) is 0 Å². The zero-order valence-electron chi connectivity index (χ0n) is 11.1. The average molecular weight is 246 g/mol. The van der Waals surface area contributed by atoms with Gasteiger partial charge < -0.3 is 10.6 Å². The molecule has 0 aromatic heterocycles. The van der Waals surface area contributed by atoms with Crippen LogP contribution in [0.25, 0.3) is 0 Å². The van der Waals surface area contributed by atoms with E-state index in [-0.39, 0.29) is 5.91 Å². The largest absolute Gasteiger partial charge is 0.399 e. The molecule has 0 saturated heterocycles. The quantitative estimate of drug-likeness (QED) is 0.619. The molecule has 1 heterocycles. The first kappa shape index (κ1) is 12.9. The molecule has 18 heavy (non-hydrogen) atoms. The molecule has 0 radical (unpaired) electrons. The van der Waals surface area contributed by atoms with Crippen LogP contribution in [0.3, 0.4) is 0 Å². The molecule has 3 heteroatoms. The van der Waals surface area contributed by atoms with Gasteiger partial charge in [0.2, 0.25) is 0 Å². The second-order valence-electron chi connectivity index (χ2n) is 5.06. The first-order valence-corrected chi connectivity index (χ1v) is 6.90. The molecular formula is C15H22N2O. The van der Waals surface area contributed by atoms with E-state index in [1.807, 2.05) is 17.0 Å². The van der Waals surface area contributed by atoms with Gasteiger partial charge in [0, 0.05) is 24.3 Å². The Morgan fingerprint density at radius 1 is 1.22 bits per heavy atom. The van der Waals surface area contributed by atoms with Gasteiger partial charge in [-0.25, -0.2) is 0 Å². The minimum absolute atomic E-state index is 0.146. The first-order valence-electron chi connectivity index (χ1n) is 6.90. The van der Waals surface area contributed by atoms with Crippen molar-refractivity contribution in [3.63, 3.8) is 0 Å². The number of unbranched alkanes of at least 4 members (excludes halogenated alkanes) is 4. The lowest BCUT2D eigenvalue weighted by Gasteiger charge is -2.15. The van der Waals surface area contributed by atoms with Crippen molar-refractivity contribution in [3.8, 4) is 0 Å². The van der Waals surface area contributed by atoms with Crippen LogP contribution in [0, 0.1) is 0 Å². The molecule has 2 rings (SSSR count). The van der Waals surface area contributed by atoms with Gasteiger partial charge in [-0.05, 0) is 24.1 Å². The van der Waals surface area contributed by atoms with Crippen molar-refractivity contribution < 1.29 is 4.79 Å². The molecule has 0 aliphatic carbocycles. The molecule has 0 saturated carbocycles. The fraction of sp³-hybridized carbons (Fsp3) is 0.533. The van der Waals surface area contributed by atoms with E-state index in [9.17, 15) is 4.79 Å². The van der Waals surface area contributed by atoms with Gasteiger partial charge in [-0.1, -0.05) is 38.7 Å². The molecule has 0 atom stereocenters. The number of hydrogen-bond donors (Lipinski definition) is 1. The SMILES string of the molecule is CCCCCCCN1Cc2ccc(N)cc2C1=O. The molecule has 1 aromatic rings. The lowest BCUT2D eigenvalue weighted by Crippen LogP contribution is -2.24. The van der Waals surface area contributed by atoms with E-state index in [0.717, 1.165) is 30.6 Å². The molecule has 1 amide bonds. The summed E-state index contributed by atoms with van der Waals surface area (Å²) < 4.78 is 0. The number of nitrogens with zero attached hydrogens (tertiary/aromatic N) is 1. The van der Waals surface area contributed by atoms with Crippen LogP contribution >= 0.6 is 0 Å². The fourth-order valence-corrected chi connectivity index (χ4v) is 2.47. The predicted molar refractivity (Wildman–Crippen MR) is 74.4 cm³/mol. The van der Waals surface area contributed by atoms with Crippen LogP contribution in [-0.4, -0.2) is 17.4 Å². The molecule has 98 valence electrons. The summed E-state index contributed by atoms with van der Waals surface area (Å²) >= 11 is 0. The summed E-state index contributed by atoms with van der Waals surface area (Å²) in [7, 11) is 0. The Kier molecular flexibility index (Phi) is 4.24. The van der Waals surface area contributed by atoms with Gasteiger partial charge in [0.1, 0.15) is 0 Å². The van der Waals surface area contributed by atoms with Crippen molar-refractivity contribution in [1.82, 2.24) is 4.90 Å². The smallest absolute Gasteiger partial charge is 0.254 e. The number of nitrogen functional groups attached to an aromatic ring is 1. The Balaban J connectivity index is 1.85. The fourth-order valence-electron chi connectivity index (χ4n) is 2.47. The van der Waals surface area contributed by atoms with Gasteiger partial charge in [0.05, 0.1) is 0 Å². The molecule has 2 N–H and O–H groups in total. The summed E-state index contributed by atoms with van der Waals surface area (Å²) in [6.45, 7) is 3.84. The van der Waals surface area contributed by atoms with Crippen molar-refractivity contribution >= 4 is 11.6 Å². The van der Waals surface area contributed by atoms with Crippen molar-refractivity contribution in [3.05, 3.63) is 29.3 Å². The molecule has 0 unspecified atom stereocenters. The third-order valence-electron chi connectivity index (χ3n) is 3.54. The van der Waals surface area contributed by atoms with Crippen molar-refractivity contribution in [1.29, 1.82) is 0 Å². The van der Waals surface area contributed by atoms with Crippen LogP contribution in [0.1, 0.15) is 54.9 Å². The second kappa shape index (κ2) is 5.89. The Bertz CT molecular complexity index is 429. The highest BCUT2D eigenvalue weighted by molar-refractivity contribution is 5.99. The molecule has 1 aromatic carbocycles. The van der Waals surface area contributed by atoms with Crippen molar-refractivity contribution in [2.24, 2.45) is 0 Å². The Hall–Kier alpha value is -1.51. The molecule has 3 nitrogen and oxygen atoms in total. The summed E-state index contributed by atoms with van der Waals surface area (Å²) in [4.78, 5) is 14.1. The topological polar surface area (TPSA) is 46.3 Å². The number of benzene rings is 1. The third kappa shape index (κ3) is 2.84. The average Bonchev–Trinajstić information content (AvgIpc) is 2.67. The number of nitrogens with two attached hydrogens (primary N) is 1. The molecule has 0 fully saturated rings. The van der Waals surface area contributed by atoms with E-state index in [0.29, 0.717) is 5.69 Å². The minimum atomic E-state index is 0.146. The summed E-state index contributed by atoms with van der Waals surface area (Å²) in [6, 6.07) is 5.64. The maximum Gasteiger partial charge on any atom is 0.254 e. The molecule has 0 bridgehead atoms. The summed E-state index contributed by atoms with van der Waals surface area (Å²) in [5.41, 5.74) is 8.30. The second-order valence-corrected chi connectivity index (χ2v) is 5.06. The molecular weight excluding hydrogens is 224 g/mol. The van der Waals surface area contributed by atoms with Crippen LogP contribution in [0.5, 0.6) is 0 Å². The van der Waals surface area contributed by atoms with E-state index in [4.69, 9.17) is 5.73 Å². The first-order chi connectivity index (χ1) is 8.72. The highest BCUT2D eigenvalue weighted by atomic mass is 16.2. The van der Waals surface area contributed by atoms with E-state index in [1.54, 1.807) is 6.07 Å². The Labute approximate surface area is 109 Å². The highest BCUT2D eigenvalue weighted by Gasteiger charge is 2.26. The van der Waals surface area contributed by atoms with E-state index < -0.39 is 0 Å². The lowest BCUT2D eigenvalue weighted by molar-refractivity contribution is 0.0775. The summed E-state index contributed by atoms with van der Waals surface area (Å²) in [5.74, 6) is 0.146. The Morgan fingerprint density at radius 3 is 2.78 bits per heavy atom. The molecule has 1 aliphatic rings. The highest BCUT2D eigenvalue weighted by Crippen LogP contribution is 2.25. The number of carbonyl (C=O) groups excluding carboxylic acids is 1. The maximum atomic E-state index is 12.1. The number of amides is 1. The standard InChI is InChI=1S/C15H22N2O/c1-2-3-4-5-6-9-17-11-12-7-8-13(16)10-14(12)15(17)18/h7-8,10H,2-6,9,11,16H2,1H3. The number of fused-ring (bicyclic) bond motifs is 1. The van der Waals surface area contributed by atoms with Gasteiger partial charge in [-0.15, -0.1) is 0 Å². The summed E-state index contributed by atoms with van der Waals surface area (Å²) in [5, 5.41) is 0. The lowest BCUT2D eigenvalue weighted by atomic mass is 10.1. The van der Waals surface area contributed by atoms with Crippen LogP contribution in [-0.2, 0) is 6.54 Å². The van der Waals surface area contributed by atoms with Crippen molar-refractivity contribution in [2.75, 3.05) is 12.3 Å². The van der Waals surface area contributed by atoms with Gasteiger partial charge in [-0.2, -0.15) is 0 Å². The van der Waals surface area contributed by atoms with Gasteiger partial charge in [0.15, 0.2) is 0 Å². The van der Waals surface area contributed by atoms with Gasteiger partial charge in [-0.3, -0.25) is 4.79 Å². The normalized spacial score (nSPS) is 14.1. The van der Waals surface area contributed by atoms with E-state index in [2.05, 4.69) is 6.92 Å². The van der Waals surface area contributed by atoms with E-state index in [1.165, 1.54) is 25.7 Å². The van der Waals surface area contributed by atoms with Crippen LogP contribution in [0.15, 0.2) is 18.2 Å². The molecule has 1 aliphatic heterocycles. The van der Waals surface area contributed by atoms with Crippen molar-refractivity contribution in [2.45, 2.75) is 45.6 Å². The zero-order chi connectivity index (χ0) is 13.0. The van der Waals surface area contributed by atoms with Gasteiger partial charge >= 0.3 is 0 Å². The Morgan fingerprint density at radius 2 is 2.00 bits per heavy atom. The van der Waals surface area contributed by atoms with Crippen LogP contribution < -0.4 is 5.73 Å². The van der Waals surface area contributed by atoms with Crippen LogP contribution in [0.4, 0.5) is 5.69 Å². The third-order valence-corrected chi connectivity index (χ3v) is 3.54. The number of anilines is 1. The summed E-state index contributed by atoms with van der Waals surface area (Å²) in [6.07, 6.45) is 6.15. The zero-order valence-corrected chi connectivity index (χ0v) is 11.1. The molecule has 0 spiro atoms. The monoisotopic (exact) mass is 246 g/mol. The van der Waals surface area contributed by atoms with Gasteiger partial charge in [0.25, 0.3) is 5.91 Å². The minimum Gasteiger partial charge on any atom is -0.399 e.